The summed E-state index contributed by atoms with van der Waals surface area (Å²) in [5.74, 6) is -0.352. The lowest BCUT2D eigenvalue weighted by Gasteiger charge is -2.14. The van der Waals surface area contributed by atoms with Crippen molar-refractivity contribution in [1.82, 2.24) is 5.32 Å². The fourth-order valence-corrected chi connectivity index (χ4v) is 2.55. The zero-order valence-corrected chi connectivity index (χ0v) is 16.6. The number of rotatable bonds is 9. The minimum atomic E-state index is -1.28. The van der Waals surface area contributed by atoms with Gasteiger partial charge >= 0.3 is 5.97 Å². The van der Waals surface area contributed by atoms with Crippen LogP contribution in [0.25, 0.3) is 6.08 Å². The van der Waals surface area contributed by atoms with Crippen molar-refractivity contribution in [2.45, 2.75) is 6.92 Å². The maximum Gasteiger partial charge on any atom is 0.352 e. The van der Waals surface area contributed by atoms with Gasteiger partial charge < -0.3 is 29.4 Å². The summed E-state index contributed by atoms with van der Waals surface area (Å²) in [5, 5.41) is 11.9. The van der Waals surface area contributed by atoms with E-state index in [9.17, 15) is 14.7 Å². The van der Waals surface area contributed by atoms with E-state index >= 15 is 0 Å². The number of ether oxygens (including phenoxy) is 4. The van der Waals surface area contributed by atoms with Crippen molar-refractivity contribution >= 4 is 18.0 Å². The van der Waals surface area contributed by atoms with Crippen molar-refractivity contribution in [2.75, 3.05) is 27.9 Å². The molecule has 0 aliphatic rings. The van der Waals surface area contributed by atoms with E-state index in [1.165, 1.54) is 39.5 Å². The van der Waals surface area contributed by atoms with Gasteiger partial charge in [-0.1, -0.05) is 12.1 Å². The Hall–Kier alpha value is -3.68. The highest BCUT2D eigenvalue weighted by molar-refractivity contribution is 6.03. The Morgan fingerprint density at radius 3 is 2.03 bits per heavy atom. The number of benzene rings is 2. The summed E-state index contributed by atoms with van der Waals surface area (Å²) >= 11 is 0. The average Bonchev–Trinajstić information content (AvgIpc) is 2.73. The number of amides is 1. The lowest BCUT2D eigenvalue weighted by atomic mass is 10.1. The quantitative estimate of drug-likeness (QED) is 0.623. The second kappa shape index (κ2) is 10.0. The highest BCUT2D eigenvalue weighted by Gasteiger charge is 2.19. The van der Waals surface area contributed by atoms with E-state index < -0.39 is 11.9 Å². The molecule has 0 unspecified atom stereocenters. The molecule has 2 aromatic rings. The van der Waals surface area contributed by atoms with Crippen LogP contribution in [0.1, 0.15) is 22.8 Å². The Labute approximate surface area is 168 Å². The van der Waals surface area contributed by atoms with Crippen LogP contribution >= 0.6 is 0 Å². The monoisotopic (exact) mass is 401 g/mol. The third kappa shape index (κ3) is 5.41. The molecular weight excluding hydrogens is 378 g/mol. The highest BCUT2D eigenvalue weighted by Crippen LogP contribution is 2.38. The molecule has 0 saturated heterocycles. The van der Waals surface area contributed by atoms with Crippen LogP contribution in [-0.4, -0.2) is 44.9 Å². The SMILES string of the molecule is CCOc1ccc(/C=C(\NC(=O)c2cc(OC)c(OC)c(OC)c2)C(=O)O)cc1. The van der Waals surface area contributed by atoms with E-state index in [1.807, 2.05) is 6.92 Å². The number of hydrogen-bond donors (Lipinski definition) is 2. The first-order valence-corrected chi connectivity index (χ1v) is 8.72. The van der Waals surface area contributed by atoms with Gasteiger partial charge in [0.2, 0.25) is 5.75 Å². The molecule has 29 heavy (non-hydrogen) atoms. The molecule has 8 heteroatoms. The van der Waals surface area contributed by atoms with E-state index in [4.69, 9.17) is 18.9 Å². The predicted octanol–water partition coefficient (Wildman–Crippen LogP) is 2.97. The number of carboxylic acids is 1. The van der Waals surface area contributed by atoms with Crippen LogP contribution in [0.4, 0.5) is 0 Å². The maximum atomic E-state index is 12.6. The van der Waals surface area contributed by atoms with Crippen molar-refractivity contribution in [2.24, 2.45) is 0 Å². The van der Waals surface area contributed by atoms with E-state index in [0.717, 1.165) is 0 Å². The molecule has 0 aliphatic carbocycles. The number of carbonyl (C=O) groups is 2. The summed E-state index contributed by atoms with van der Waals surface area (Å²) in [6, 6.07) is 9.70. The summed E-state index contributed by atoms with van der Waals surface area (Å²) in [4.78, 5) is 24.2. The number of carbonyl (C=O) groups excluding carboxylic acids is 1. The van der Waals surface area contributed by atoms with E-state index in [2.05, 4.69) is 5.32 Å². The fraction of sp³-hybridized carbons (Fsp3) is 0.238. The molecule has 2 rings (SSSR count). The molecule has 0 bridgehead atoms. The first-order chi connectivity index (χ1) is 13.9. The Balaban J connectivity index is 2.31. The van der Waals surface area contributed by atoms with Crippen LogP contribution in [0.3, 0.4) is 0 Å². The lowest BCUT2D eigenvalue weighted by Crippen LogP contribution is -2.27. The van der Waals surface area contributed by atoms with E-state index in [0.29, 0.717) is 23.7 Å². The third-order valence-corrected chi connectivity index (χ3v) is 3.91. The lowest BCUT2D eigenvalue weighted by molar-refractivity contribution is -0.132. The number of methoxy groups -OCH3 is 3. The smallest absolute Gasteiger partial charge is 0.352 e. The summed E-state index contributed by atoms with van der Waals surface area (Å²) in [7, 11) is 4.29. The van der Waals surface area contributed by atoms with Gasteiger partial charge in [-0.2, -0.15) is 0 Å². The van der Waals surface area contributed by atoms with Gasteiger partial charge in [-0.05, 0) is 42.8 Å². The van der Waals surface area contributed by atoms with Crippen molar-refractivity contribution in [3.05, 3.63) is 53.2 Å². The van der Waals surface area contributed by atoms with E-state index in [-0.39, 0.29) is 22.8 Å². The number of nitrogens with one attached hydrogen (secondary N) is 1. The van der Waals surface area contributed by atoms with Crippen LogP contribution in [0.5, 0.6) is 23.0 Å². The molecule has 0 saturated carbocycles. The molecule has 2 aromatic carbocycles. The van der Waals surface area contributed by atoms with Gasteiger partial charge in [0.05, 0.1) is 27.9 Å². The molecule has 0 fully saturated rings. The van der Waals surface area contributed by atoms with Crippen LogP contribution in [0, 0.1) is 0 Å². The van der Waals surface area contributed by atoms with Crippen molar-refractivity contribution in [3.8, 4) is 23.0 Å². The van der Waals surface area contributed by atoms with Crippen LogP contribution in [0.2, 0.25) is 0 Å². The largest absolute Gasteiger partial charge is 0.494 e. The van der Waals surface area contributed by atoms with Gasteiger partial charge in [-0.25, -0.2) is 4.79 Å². The normalized spacial score (nSPS) is 10.8. The summed E-state index contributed by atoms with van der Waals surface area (Å²) < 4.78 is 21.0. The Kier molecular flexibility index (Phi) is 7.47. The molecule has 0 aliphatic heterocycles. The summed E-state index contributed by atoms with van der Waals surface area (Å²) in [6.45, 7) is 2.40. The molecule has 0 aromatic heterocycles. The maximum absolute atomic E-state index is 12.6. The van der Waals surface area contributed by atoms with E-state index in [1.54, 1.807) is 24.3 Å². The highest BCUT2D eigenvalue weighted by atomic mass is 16.5. The number of aliphatic carboxylic acids is 1. The molecule has 0 heterocycles. The van der Waals surface area contributed by atoms with Crippen LogP contribution in [-0.2, 0) is 4.79 Å². The third-order valence-electron chi connectivity index (χ3n) is 3.91. The minimum Gasteiger partial charge on any atom is -0.494 e. The molecule has 0 atom stereocenters. The number of carboxylic acid groups (broad SMARTS) is 1. The first kappa shape index (κ1) is 21.6. The first-order valence-electron chi connectivity index (χ1n) is 8.72. The topological polar surface area (TPSA) is 103 Å². The fourth-order valence-electron chi connectivity index (χ4n) is 2.55. The molecule has 8 nitrogen and oxygen atoms in total. The Morgan fingerprint density at radius 1 is 1.00 bits per heavy atom. The molecule has 0 radical (unpaired) electrons. The molecule has 2 N–H and O–H groups in total. The number of hydrogen-bond acceptors (Lipinski definition) is 6. The van der Waals surface area contributed by atoms with Gasteiger partial charge in [0.1, 0.15) is 11.4 Å². The van der Waals surface area contributed by atoms with Gasteiger partial charge in [0.25, 0.3) is 5.91 Å². The zero-order chi connectivity index (χ0) is 21.4. The Morgan fingerprint density at radius 2 is 1.59 bits per heavy atom. The van der Waals surface area contributed by atoms with Crippen molar-refractivity contribution in [1.29, 1.82) is 0 Å². The van der Waals surface area contributed by atoms with Crippen molar-refractivity contribution < 1.29 is 33.6 Å². The Bertz CT molecular complexity index is 879. The van der Waals surface area contributed by atoms with Crippen LogP contribution in [0.15, 0.2) is 42.1 Å². The summed E-state index contributed by atoms with van der Waals surface area (Å²) in [6.07, 6.45) is 1.36. The zero-order valence-electron chi connectivity index (χ0n) is 16.6. The second-order valence-electron chi connectivity index (χ2n) is 5.73. The van der Waals surface area contributed by atoms with Gasteiger partial charge in [-0.15, -0.1) is 0 Å². The minimum absolute atomic E-state index is 0.151. The second-order valence-corrected chi connectivity index (χ2v) is 5.73. The standard InChI is InChI=1S/C21H23NO7/c1-5-29-15-8-6-13(7-9-15)10-16(21(24)25)22-20(23)14-11-17(26-2)19(28-4)18(12-14)27-3/h6-12H,5H2,1-4H3,(H,22,23)(H,24,25)/b16-10-. The average molecular weight is 401 g/mol. The molecular formula is C21H23NO7. The van der Waals surface area contributed by atoms with Gasteiger partial charge in [0, 0.05) is 5.56 Å². The predicted molar refractivity (Wildman–Crippen MR) is 107 cm³/mol. The van der Waals surface area contributed by atoms with Gasteiger partial charge in [0.15, 0.2) is 11.5 Å². The van der Waals surface area contributed by atoms with Gasteiger partial charge in [-0.3, -0.25) is 4.79 Å². The van der Waals surface area contributed by atoms with Crippen molar-refractivity contribution in [3.63, 3.8) is 0 Å². The molecule has 154 valence electrons. The molecule has 0 spiro atoms. The molecule has 1 amide bonds. The van der Waals surface area contributed by atoms with Crippen LogP contribution < -0.4 is 24.3 Å². The summed E-state index contributed by atoms with van der Waals surface area (Å²) in [5.41, 5.74) is 0.460.